The Hall–Kier alpha value is -2.46. The van der Waals surface area contributed by atoms with Gasteiger partial charge in [-0.25, -0.2) is 9.13 Å². The first-order valence-corrected chi connectivity index (χ1v) is 42.9. The Balaban J connectivity index is 5.28. The lowest BCUT2D eigenvalue weighted by Crippen LogP contribution is -2.30. The molecule has 0 aromatic rings. The lowest BCUT2D eigenvalue weighted by molar-refractivity contribution is -0.161. The van der Waals surface area contributed by atoms with Crippen LogP contribution in [0.4, 0.5) is 0 Å². The molecule has 0 spiro atoms. The SMILES string of the molecule is CCCCCC/C=C\C=C/CCCCCCCC(=O)O[C@H](COC(=O)CCCCCCCCCCCC)COP(=O)(O)OC[C@H](O)COP(=O)(O)OC[C@@H](COC(=O)CCCCCCCCCCCCCCCCCC)OC(=O)CCCCCCCCCCCCCCCC(C)C. The van der Waals surface area contributed by atoms with E-state index in [1.165, 1.54) is 199 Å². The van der Waals surface area contributed by atoms with E-state index in [0.717, 1.165) is 109 Å². The van der Waals surface area contributed by atoms with Crippen LogP contribution in [0.3, 0.4) is 0 Å². The molecule has 97 heavy (non-hydrogen) atoms. The average Bonchev–Trinajstić information content (AvgIpc) is 1.15. The van der Waals surface area contributed by atoms with Crippen molar-refractivity contribution in [3.8, 4) is 0 Å². The van der Waals surface area contributed by atoms with Crippen molar-refractivity contribution in [1.29, 1.82) is 0 Å². The maximum Gasteiger partial charge on any atom is 0.472 e. The molecule has 0 rings (SSSR count). The van der Waals surface area contributed by atoms with E-state index in [-0.39, 0.29) is 25.7 Å². The zero-order chi connectivity index (χ0) is 71.2. The second-order valence-corrected chi connectivity index (χ2v) is 30.8. The van der Waals surface area contributed by atoms with Crippen molar-refractivity contribution in [3.63, 3.8) is 0 Å². The number of rotatable bonds is 76. The van der Waals surface area contributed by atoms with Crippen LogP contribution < -0.4 is 0 Å². The molecule has 2 unspecified atom stereocenters. The van der Waals surface area contributed by atoms with Crippen molar-refractivity contribution in [2.24, 2.45) is 5.92 Å². The molecule has 0 aliphatic rings. The third-order valence-corrected chi connectivity index (χ3v) is 19.6. The Labute approximate surface area is 592 Å². The van der Waals surface area contributed by atoms with E-state index < -0.39 is 97.5 Å². The molecule has 572 valence electrons. The highest BCUT2D eigenvalue weighted by molar-refractivity contribution is 7.47. The van der Waals surface area contributed by atoms with Gasteiger partial charge in [-0.1, -0.05) is 335 Å². The lowest BCUT2D eigenvalue weighted by Gasteiger charge is -2.21. The van der Waals surface area contributed by atoms with Crippen LogP contribution in [0.5, 0.6) is 0 Å². The number of carbonyl (C=O) groups excluding carboxylic acids is 4. The number of phosphoric ester groups is 2. The summed E-state index contributed by atoms with van der Waals surface area (Å²) in [6.45, 7) is 7.25. The molecule has 0 aromatic carbocycles. The fourth-order valence-corrected chi connectivity index (χ4v) is 13.1. The molecule has 0 radical (unpaired) electrons. The Morgan fingerprint density at radius 3 is 0.845 bits per heavy atom. The van der Waals surface area contributed by atoms with Gasteiger partial charge < -0.3 is 33.8 Å². The summed E-state index contributed by atoms with van der Waals surface area (Å²) in [6.07, 6.45) is 63.1. The molecule has 0 amide bonds. The van der Waals surface area contributed by atoms with Crippen molar-refractivity contribution in [2.75, 3.05) is 39.6 Å². The van der Waals surface area contributed by atoms with Crippen LogP contribution in [0.25, 0.3) is 0 Å². The number of hydrogen-bond donors (Lipinski definition) is 3. The zero-order valence-corrected chi connectivity index (χ0v) is 64.5. The molecule has 0 heterocycles. The van der Waals surface area contributed by atoms with E-state index in [1.807, 2.05) is 0 Å². The Bertz CT molecular complexity index is 1950. The predicted molar refractivity (Wildman–Crippen MR) is 395 cm³/mol. The molecule has 17 nitrogen and oxygen atoms in total. The van der Waals surface area contributed by atoms with Crippen LogP contribution >= 0.6 is 15.6 Å². The van der Waals surface area contributed by atoms with Gasteiger partial charge in [0.05, 0.1) is 26.4 Å². The first-order valence-electron chi connectivity index (χ1n) is 40.0. The molecular weight excluding hydrogens is 1270 g/mol. The summed E-state index contributed by atoms with van der Waals surface area (Å²) < 4.78 is 68.6. The smallest absolute Gasteiger partial charge is 0.462 e. The maximum atomic E-state index is 13.1. The molecule has 0 aromatic heterocycles. The van der Waals surface area contributed by atoms with Gasteiger partial charge in [-0.3, -0.25) is 37.3 Å². The Morgan fingerprint density at radius 2 is 0.557 bits per heavy atom. The number of phosphoric acid groups is 2. The van der Waals surface area contributed by atoms with E-state index in [0.29, 0.717) is 25.7 Å². The first-order chi connectivity index (χ1) is 47.0. The lowest BCUT2D eigenvalue weighted by atomic mass is 10.0. The second-order valence-electron chi connectivity index (χ2n) is 27.9. The van der Waals surface area contributed by atoms with Gasteiger partial charge in [0, 0.05) is 25.7 Å². The average molecular weight is 1420 g/mol. The molecule has 0 saturated heterocycles. The highest BCUT2D eigenvalue weighted by Crippen LogP contribution is 2.45. The highest BCUT2D eigenvalue weighted by Gasteiger charge is 2.30. The topological polar surface area (TPSA) is 237 Å². The summed E-state index contributed by atoms with van der Waals surface area (Å²) in [5, 5.41) is 10.6. The molecule has 0 aliphatic heterocycles. The molecule has 5 atom stereocenters. The van der Waals surface area contributed by atoms with E-state index in [4.69, 9.17) is 37.0 Å². The van der Waals surface area contributed by atoms with E-state index in [9.17, 15) is 43.2 Å². The third kappa shape index (κ3) is 71.7. The summed E-state index contributed by atoms with van der Waals surface area (Å²) in [4.78, 5) is 72.9. The largest absolute Gasteiger partial charge is 0.472 e. The number of unbranched alkanes of at least 4 members (excludes halogenated alkanes) is 45. The van der Waals surface area contributed by atoms with Crippen molar-refractivity contribution in [1.82, 2.24) is 0 Å². The molecule has 0 fully saturated rings. The molecule has 19 heteroatoms. The second kappa shape index (κ2) is 70.6. The number of hydrogen-bond acceptors (Lipinski definition) is 15. The van der Waals surface area contributed by atoms with Gasteiger partial charge in [0.2, 0.25) is 0 Å². The number of aliphatic hydroxyl groups excluding tert-OH is 1. The Kier molecular flexibility index (Phi) is 68.8. The van der Waals surface area contributed by atoms with Gasteiger partial charge in [-0.15, -0.1) is 0 Å². The van der Waals surface area contributed by atoms with Crippen molar-refractivity contribution in [2.45, 2.75) is 406 Å². The number of allylic oxidation sites excluding steroid dienone is 4. The van der Waals surface area contributed by atoms with Crippen LogP contribution in [0.15, 0.2) is 24.3 Å². The van der Waals surface area contributed by atoms with Crippen molar-refractivity contribution < 1.29 is 80.2 Å². The fourth-order valence-electron chi connectivity index (χ4n) is 11.5. The summed E-state index contributed by atoms with van der Waals surface area (Å²) in [7, 11) is -9.93. The number of esters is 4. The Morgan fingerprint density at radius 1 is 0.320 bits per heavy atom. The summed E-state index contributed by atoms with van der Waals surface area (Å²) >= 11 is 0. The summed E-state index contributed by atoms with van der Waals surface area (Å²) in [5.74, 6) is -1.36. The molecule has 0 bridgehead atoms. The van der Waals surface area contributed by atoms with Gasteiger partial charge in [0.15, 0.2) is 12.2 Å². The van der Waals surface area contributed by atoms with E-state index in [2.05, 4.69) is 58.9 Å². The van der Waals surface area contributed by atoms with E-state index >= 15 is 0 Å². The van der Waals surface area contributed by atoms with Gasteiger partial charge in [-0.05, 0) is 57.3 Å². The van der Waals surface area contributed by atoms with Gasteiger partial charge >= 0.3 is 39.5 Å². The fraction of sp³-hybridized carbons (Fsp3) is 0.897. The summed E-state index contributed by atoms with van der Waals surface area (Å²) in [6, 6.07) is 0. The van der Waals surface area contributed by atoms with Crippen LogP contribution in [0, 0.1) is 5.92 Å². The zero-order valence-electron chi connectivity index (χ0n) is 62.7. The van der Waals surface area contributed by atoms with Crippen LogP contribution in [-0.2, 0) is 65.4 Å². The molecule has 0 aliphatic carbocycles. The number of carbonyl (C=O) groups is 4. The normalized spacial score (nSPS) is 14.1. The molecular formula is C78H148O17P2. The third-order valence-electron chi connectivity index (χ3n) is 17.7. The van der Waals surface area contributed by atoms with Crippen LogP contribution in [-0.4, -0.2) is 96.7 Å². The van der Waals surface area contributed by atoms with Crippen molar-refractivity contribution in [3.05, 3.63) is 24.3 Å². The highest BCUT2D eigenvalue weighted by atomic mass is 31.2. The van der Waals surface area contributed by atoms with Gasteiger partial charge in [-0.2, -0.15) is 0 Å². The maximum absolute atomic E-state index is 13.1. The van der Waals surface area contributed by atoms with Crippen molar-refractivity contribution >= 4 is 39.5 Å². The predicted octanol–water partition coefficient (Wildman–Crippen LogP) is 22.8. The first kappa shape index (κ1) is 94.5. The number of aliphatic hydroxyl groups is 1. The quantitative estimate of drug-likeness (QED) is 0.0169. The number of ether oxygens (including phenoxy) is 4. The summed E-state index contributed by atoms with van der Waals surface area (Å²) in [5.41, 5.74) is 0. The minimum absolute atomic E-state index is 0.0854. The van der Waals surface area contributed by atoms with Crippen LogP contribution in [0.2, 0.25) is 0 Å². The molecule has 0 saturated carbocycles. The van der Waals surface area contributed by atoms with E-state index in [1.54, 1.807) is 0 Å². The van der Waals surface area contributed by atoms with Crippen LogP contribution in [0.1, 0.15) is 388 Å². The monoisotopic (exact) mass is 1420 g/mol. The van der Waals surface area contributed by atoms with Gasteiger partial charge in [0.25, 0.3) is 0 Å². The minimum atomic E-state index is -4.96. The minimum Gasteiger partial charge on any atom is -0.462 e. The standard InChI is InChI=1S/C78H148O17P2/c1-6-9-12-15-18-21-24-26-28-30-33-37-42-47-52-57-62-76(81)89-68-74(95-78(83)64-59-54-49-44-39-35-31-32-36-40-45-50-55-60-71(4)5)70-93-97(86,87)91-66-72(79)65-90-96(84,85)92-69-73(67-88-75(80)61-56-51-46-41-23-20-17-14-11-8-3)94-77(82)63-58-53-48-43-38-34-29-27-25-22-19-16-13-10-7-2/h22,25,27,29,71-74,79H,6-21,23-24,26,28,30-70H2,1-5H3,(H,84,85)(H,86,87)/b25-22-,29-27-/t72-,73+,74+/m0/s1. The van der Waals surface area contributed by atoms with Gasteiger partial charge in [0.1, 0.15) is 19.3 Å². The molecule has 3 N–H and O–H groups in total.